The lowest BCUT2D eigenvalue weighted by Gasteiger charge is -2.28. The summed E-state index contributed by atoms with van der Waals surface area (Å²) in [4.78, 5) is 2.22. The second kappa shape index (κ2) is 6.57. The van der Waals surface area contributed by atoms with Crippen LogP contribution in [0.2, 0.25) is 0 Å². The Kier molecular flexibility index (Phi) is 4.55. The number of hydrogen-bond donors (Lipinski definition) is 1. The molecule has 1 aromatic carbocycles. The number of hydrogen-bond acceptors (Lipinski definition) is 4. The summed E-state index contributed by atoms with van der Waals surface area (Å²) in [6, 6.07) is 6.31. The Labute approximate surface area is 120 Å². The molecule has 4 nitrogen and oxygen atoms in total. The van der Waals surface area contributed by atoms with Gasteiger partial charge in [-0.05, 0) is 42.5 Å². The van der Waals surface area contributed by atoms with E-state index in [9.17, 15) is 5.11 Å². The van der Waals surface area contributed by atoms with Gasteiger partial charge in [-0.1, -0.05) is 6.07 Å². The van der Waals surface area contributed by atoms with Crippen molar-refractivity contribution in [2.24, 2.45) is 0 Å². The van der Waals surface area contributed by atoms with Gasteiger partial charge >= 0.3 is 0 Å². The molecular weight excluding hydrogens is 254 g/mol. The lowest BCUT2D eigenvalue weighted by Crippen LogP contribution is -2.42. The summed E-state index contributed by atoms with van der Waals surface area (Å²) in [6.45, 7) is 4.34. The lowest BCUT2D eigenvalue weighted by molar-refractivity contribution is 0.00465. The molecule has 1 atom stereocenters. The fraction of sp³-hybridized carbons (Fsp3) is 0.625. The molecule has 1 aromatic rings. The first-order valence-electron chi connectivity index (χ1n) is 7.54. The molecular formula is C16H23NO3. The number of nitrogens with zero attached hydrogens (tertiary/aromatic N) is 1. The molecule has 1 fully saturated rings. The van der Waals surface area contributed by atoms with Gasteiger partial charge < -0.3 is 14.6 Å². The third-order valence-corrected chi connectivity index (χ3v) is 4.08. The van der Waals surface area contributed by atoms with Gasteiger partial charge in [-0.2, -0.15) is 0 Å². The molecule has 110 valence electrons. The molecule has 4 heteroatoms. The van der Waals surface area contributed by atoms with E-state index in [0.717, 1.165) is 38.5 Å². The van der Waals surface area contributed by atoms with E-state index in [1.54, 1.807) is 0 Å². The topological polar surface area (TPSA) is 41.9 Å². The van der Waals surface area contributed by atoms with E-state index >= 15 is 0 Å². The normalized spacial score (nSPS) is 20.6. The van der Waals surface area contributed by atoms with Gasteiger partial charge in [-0.25, -0.2) is 0 Å². The zero-order valence-electron chi connectivity index (χ0n) is 11.9. The SMILES string of the molecule is O[C@H](COc1ccc2c(c1)CCC2)CN1CCOCC1. The van der Waals surface area contributed by atoms with Crippen molar-refractivity contribution in [2.75, 3.05) is 39.5 Å². The van der Waals surface area contributed by atoms with Crippen LogP contribution in [0.3, 0.4) is 0 Å². The Morgan fingerprint density at radius 1 is 1.20 bits per heavy atom. The zero-order chi connectivity index (χ0) is 13.8. The summed E-state index contributed by atoms with van der Waals surface area (Å²) in [5.41, 5.74) is 2.86. The Morgan fingerprint density at radius 3 is 2.85 bits per heavy atom. The van der Waals surface area contributed by atoms with Gasteiger partial charge in [-0.3, -0.25) is 4.90 Å². The largest absolute Gasteiger partial charge is 0.491 e. The smallest absolute Gasteiger partial charge is 0.119 e. The van der Waals surface area contributed by atoms with Gasteiger partial charge in [0.2, 0.25) is 0 Å². The van der Waals surface area contributed by atoms with Crippen LogP contribution >= 0.6 is 0 Å². The van der Waals surface area contributed by atoms with Crippen LogP contribution in [0.4, 0.5) is 0 Å². The van der Waals surface area contributed by atoms with Crippen LogP contribution in [-0.2, 0) is 17.6 Å². The lowest BCUT2D eigenvalue weighted by atomic mass is 10.1. The Hall–Kier alpha value is -1.10. The fourth-order valence-corrected chi connectivity index (χ4v) is 2.96. The number of aliphatic hydroxyl groups is 1. The maximum Gasteiger partial charge on any atom is 0.119 e. The molecule has 1 aliphatic heterocycles. The van der Waals surface area contributed by atoms with Gasteiger partial charge in [-0.15, -0.1) is 0 Å². The van der Waals surface area contributed by atoms with Crippen molar-refractivity contribution < 1.29 is 14.6 Å². The third kappa shape index (κ3) is 3.51. The summed E-state index contributed by atoms with van der Waals surface area (Å²) < 4.78 is 11.0. The first-order chi connectivity index (χ1) is 9.81. The van der Waals surface area contributed by atoms with Crippen molar-refractivity contribution >= 4 is 0 Å². The monoisotopic (exact) mass is 277 g/mol. The summed E-state index contributed by atoms with van der Waals surface area (Å²) >= 11 is 0. The molecule has 0 amide bonds. The molecule has 20 heavy (non-hydrogen) atoms. The second-order valence-corrected chi connectivity index (χ2v) is 5.66. The van der Waals surface area contributed by atoms with Gasteiger partial charge in [0, 0.05) is 19.6 Å². The van der Waals surface area contributed by atoms with Crippen molar-refractivity contribution in [3.63, 3.8) is 0 Å². The van der Waals surface area contributed by atoms with Crippen molar-refractivity contribution in [1.29, 1.82) is 0 Å². The van der Waals surface area contributed by atoms with Crippen LogP contribution in [0.1, 0.15) is 17.5 Å². The first kappa shape index (κ1) is 13.9. The highest BCUT2D eigenvalue weighted by molar-refractivity contribution is 5.38. The van der Waals surface area contributed by atoms with Gasteiger partial charge in [0.1, 0.15) is 18.5 Å². The fourth-order valence-electron chi connectivity index (χ4n) is 2.96. The van der Waals surface area contributed by atoms with Crippen LogP contribution < -0.4 is 4.74 Å². The molecule has 0 bridgehead atoms. The predicted molar refractivity (Wildman–Crippen MR) is 77.2 cm³/mol. The minimum atomic E-state index is -0.443. The van der Waals surface area contributed by atoms with Gasteiger partial charge in [0.05, 0.1) is 13.2 Å². The molecule has 2 aliphatic rings. The Balaban J connectivity index is 1.46. The number of aryl methyl sites for hydroxylation is 2. The maximum atomic E-state index is 10.0. The predicted octanol–water partition coefficient (Wildman–Crippen LogP) is 1.25. The summed E-state index contributed by atoms with van der Waals surface area (Å²) in [7, 11) is 0. The van der Waals surface area contributed by atoms with Crippen molar-refractivity contribution in [3.05, 3.63) is 29.3 Å². The number of ether oxygens (including phenoxy) is 2. The number of benzene rings is 1. The molecule has 0 unspecified atom stereocenters. The maximum absolute atomic E-state index is 10.0. The van der Waals surface area contributed by atoms with Crippen LogP contribution in [0, 0.1) is 0 Å². The first-order valence-corrected chi connectivity index (χ1v) is 7.54. The minimum Gasteiger partial charge on any atom is -0.491 e. The van der Waals surface area contributed by atoms with Crippen molar-refractivity contribution in [3.8, 4) is 5.75 Å². The molecule has 3 rings (SSSR count). The standard InChI is InChI=1S/C16H23NO3/c18-15(11-17-6-8-19-9-7-17)12-20-16-5-4-13-2-1-3-14(13)10-16/h4-5,10,15,18H,1-3,6-9,11-12H2/t15-/m0/s1. The third-order valence-electron chi connectivity index (χ3n) is 4.08. The number of morpholine rings is 1. The van der Waals surface area contributed by atoms with Crippen LogP contribution in [0.5, 0.6) is 5.75 Å². The number of β-amino-alcohol motifs (C(OH)–C–C–N with tert-alkyl or cyclic N) is 1. The summed E-state index contributed by atoms with van der Waals surface area (Å²) in [6.07, 6.45) is 3.15. The Bertz CT molecular complexity index is 443. The highest BCUT2D eigenvalue weighted by Crippen LogP contribution is 2.26. The second-order valence-electron chi connectivity index (χ2n) is 5.66. The van der Waals surface area contributed by atoms with Crippen molar-refractivity contribution in [2.45, 2.75) is 25.4 Å². The molecule has 1 aliphatic carbocycles. The van der Waals surface area contributed by atoms with E-state index in [-0.39, 0.29) is 0 Å². The van der Waals surface area contributed by atoms with E-state index in [1.165, 1.54) is 24.0 Å². The highest BCUT2D eigenvalue weighted by atomic mass is 16.5. The van der Waals surface area contributed by atoms with Gasteiger partial charge in [0.25, 0.3) is 0 Å². The summed E-state index contributed by atoms with van der Waals surface area (Å²) in [5, 5.41) is 10.0. The Morgan fingerprint density at radius 2 is 2.00 bits per heavy atom. The summed E-state index contributed by atoms with van der Waals surface area (Å²) in [5.74, 6) is 0.881. The highest BCUT2D eigenvalue weighted by Gasteiger charge is 2.16. The minimum absolute atomic E-state index is 0.357. The van der Waals surface area contributed by atoms with E-state index in [2.05, 4.69) is 17.0 Å². The van der Waals surface area contributed by atoms with E-state index in [1.807, 2.05) is 6.07 Å². The van der Waals surface area contributed by atoms with E-state index in [4.69, 9.17) is 9.47 Å². The average molecular weight is 277 g/mol. The van der Waals surface area contributed by atoms with Crippen LogP contribution in [0.15, 0.2) is 18.2 Å². The van der Waals surface area contributed by atoms with E-state index < -0.39 is 6.10 Å². The number of aliphatic hydroxyl groups excluding tert-OH is 1. The molecule has 1 N–H and O–H groups in total. The molecule has 1 heterocycles. The number of rotatable bonds is 5. The number of fused-ring (bicyclic) bond motifs is 1. The average Bonchev–Trinajstić information content (AvgIpc) is 2.93. The van der Waals surface area contributed by atoms with Crippen molar-refractivity contribution in [1.82, 2.24) is 4.90 Å². The molecule has 0 spiro atoms. The molecule has 0 saturated carbocycles. The van der Waals surface area contributed by atoms with Gasteiger partial charge in [0.15, 0.2) is 0 Å². The molecule has 0 aromatic heterocycles. The zero-order valence-corrected chi connectivity index (χ0v) is 11.9. The van der Waals surface area contributed by atoms with Crippen LogP contribution in [0.25, 0.3) is 0 Å². The molecule has 0 radical (unpaired) electrons. The quantitative estimate of drug-likeness (QED) is 0.879. The molecule has 1 saturated heterocycles. The van der Waals surface area contributed by atoms with Crippen LogP contribution in [-0.4, -0.2) is 55.6 Å². The van der Waals surface area contributed by atoms with E-state index in [0.29, 0.717) is 13.2 Å².